The Balaban J connectivity index is 1.55. The molecule has 9 heteroatoms. The SMILES string of the molecule is CC(C)(C)OC(=O)N1CC(c2ccc3ncnc(Nc4cccc(Cl)c4F)c3n2)C1. The Hall–Kier alpha value is -3.00. The van der Waals surface area contributed by atoms with Crippen LogP contribution in [0.15, 0.2) is 36.7 Å². The Labute approximate surface area is 178 Å². The molecule has 2 aromatic heterocycles. The summed E-state index contributed by atoms with van der Waals surface area (Å²) in [7, 11) is 0. The van der Waals surface area contributed by atoms with Crippen LogP contribution in [0.3, 0.4) is 0 Å². The second kappa shape index (κ2) is 7.68. The lowest BCUT2D eigenvalue weighted by molar-refractivity contribution is 0.00790. The first-order valence-electron chi connectivity index (χ1n) is 9.52. The van der Waals surface area contributed by atoms with Crippen molar-refractivity contribution in [1.29, 1.82) is 0 Å². The number of carbonyl (C=O) groups excluding carboxylic acids is 1. The van der Waals surface area contributed by atoms with Gasteiger partial charge in [0.25, 0.3) is 0 Å². The summed E-state index contributed by atoms with van der Waals surface area (Å²) >= 11 is 5.86. The van der Waals surface area contributed by atoms with Gasteiger partial charge in [-0.05, 0) is 45.0 Å². The summed E-state index contributed by atoms with van der Waals surface area (Å²) in [5.74, 6) is -0.0988. The zero-order valence-corrected chi connectivity index (χ0v) is 17.6. The molecule has 1 amide bonds. The maximum atomic E-state index is 14.3. The van der Waals surface area contributed by atoms with Crippen LogP contribution in [0, 0.1) is 5.82 Å². The molecular formula is C21H21ClFN5O2. The first kappa shape index (κ1) is 20.3. The third-order valence-corrected chi connectivity index (χ3v) is 4.95. The molecule has 1 fully saturated rings. The third-order valence-electron chi connectivity index (χ3n) is 4.66. The molecule has 3 heterocycles. The Morgan fingerprint density at radius 2 is 2.00 bits per heavy atom. The molecule has 0 spiro atoms. The number of nitrogens with zero attached hydrogens (tertiary/aromatic N) is 4. The molecule has 7 nitrogen and oxygen atoms in total. The standard InChI is InChI=1S/C21H21ClFN5O2/c1-21(2,3)30-20(29)28-9-12(10-28)14-7-8-16-18(26-14)19(25-11-24-16)27-15-6-4-5-13(22)17(15)23/h4-8,11-12H,9-10H2,1-3H3,(H,24,25,27). The number of fused-ring (bicyclic) bond motifs is 1. The van der Waals surface area contributed by atoms with Gasteiger partial charge in [-0.3, -0.25) is 0 Å². The molecule has 30 heavy (non-hydrogen) atoms. The Morgan fingerprint density at radius 1 is 1.23 bits per heavy atom. The van der Waals surface area contributed by atoms with Crippen LogP contribution in [0.2, 0.25) is 5.02 Å². The molecular weight excluding hydrogens is 409 g/mol. The van der Waals surface area contributed by atoms with E-state index in [-0.39, 0.29) is 22.7 Å². The topological polar surface area (TPSA) is 80.2 Å². The van der Waals surface area contributed by atoms with Crippen molar-refractivity contribution in [2.75, 3.05) is 18.4 Å². The molecule has 1 N–H and O–H groups in total. The molecule has 3 aromatic rings. The van der Waals surface area contributed by atoms with Crippen LogP contribution in [-0.4, -0.2) is 44.6 Å². The normalized spacial score (nSPS) is 14.5. The molecule has 0 radical (unpaired) electrons. The number of aromatic nitrogens is 3. The Bertz CT molecular complexity index is 1110. The zero-order valence-electron chi connectivity index (χ0n) is 16.8. The number of likely N-dealkylation sites (tertiary alicyclic amines) is 1. The molecule has 0 atom stereocenters. The van der Waals surface area contributed by atoms with E-state index in [2.05, 4.69) is 15.3 Å². The maximum Gasteiger partial charge on any atom is 0.410 e. The van der Waals surface area contributed by atoms with Crippen molar-refractivity contribution in [3.63, 3.8) is 0 Å². The van der Waals surface area contributed by atoms with E-state index in [1.54, 1.807) is 17.0 Å². The van der Waals surface area contributed by atoms with Gasteiger partial charge >= 0.3 is 6.09 Å². The minimum atomic E-state index is -0.561. The second-order valence-corrected chi connectivity index (χ2v) is 8.54. The van der Waals surface area contributed by atoms with Crippen LogP contribution in [0.4, 0.5) is 20.7 Å². The predicted molar refractivity (Wildman–Crippen MR) is 113 cm³/mol. The van der Waals surface area contributed by atoms with E-state index in [9.17, 15) is 9.18 Å². The van der Waals surface area contributed by atoms with Gasteiger partial charge in [0.15, 0.2) is 11.6 Å². The van der Waals surface area contributed by atoms with Crippen molar-refractivity contribution in [3.8, 4) is 0 Å². The van der Waals surface area contributed by atoms with Gasteiger partial charge in [-0.2, -0.15) is 0 Å². The van der Waals surface area contributed by atoms with Gasteiger partial charge in [-0.25, -0.2) is 24.1 Å². The van der Waals surface area contributed by atoms with E-state index < -0.39 is 11.4 Å². The summed E-state index contributed by atoms with van der Waals surface area (Å²) in [6, 6.07) is 8.42. The largest absolute Gasteiger partial charge is 0.444 e. The molecule has 1 aromatic carbocycles. The molecule has 1 aliphatic heterocycles. The summed E-state index contributed by atoms with van der Waals surface area (Å²) in [4.78, 5) is 26.9. The molecule has 156 valence electrons. The lowest BCUT2D eigenvalue weighted by atomic mass is 9.96. The van der Waals surface area contributed by atoms with Crippen LogP contribution in [0.1, 0.15) is 32.4 Å². The van der Waals surface area contributed by atoms with Crippen LogP contribution in [0.25, 0.3) is 11.0 Å². The van der Waals surface area contributed by atoms with E-state index in [1.165, 1.54) is 12.4 Å². The molecule has 1 saturated heterocycles. The number of nitrogens with one attached hydrogen (secondary N) is 1. The molecule has 0 aliphatic carbocycles. The summed E-state index contributed by atoms with van der Waals surface area (Å²) in [6.45, 7) is 6.55. The predicted octanol–water partition coefficient (Wildman–Crippen LogP) is 4.90. The van der Waals surface area contributed by atoms with Crippen LogP contribution in [0.5, 0.6) is 0 Å². The van der Waals surface area contributed by atoms with Crippen LogP contribution in [-0.2, 0) is 4.74 Å². The first-order chi connectivity index (χ1) is 14.2. The second-order valence-electron chi connectivity index (χ2n) is 8.13. The molecule has 1 aliphatic rings. The number of amides is 1. The highest BCUT2D eigenvalue weighted by Gasteiger charge is 2.35. The van der Waals surface area contributed by atoms with Gasteiger partial charge in [-0.1, -0.05) is 17.7 Å². The quantitative estimate of drug-likeness (QED) is 0.638. The number of benzene rings is 1. The lowest BCUT2D eigenvalue weighted by Crippen LogP contribution is -2.50. The average molecular weight is 430 g/mol. The van der Waals surface area contributed by atoms with Gasteiger partial charge in [0.05, 0.1) is 16.2 Å². The average Bonchev–Trinajstić information content (AvgIpc) is 2.63. The summed E-state index contributed by atoms with van der Waals surface area (Å²) in [5.41, 5.74) is 1.63. The van der Waals surface area contributed by atoms with Crippen molar-refractivity contribution in [2.45, 2.75) is 32.3 Å². The number of halogens is 2. The van der Waals surface area contributed by atoms with Gasteiger partial charge in [0.1, 0.15) is 17.4 Å². The van der Waals surface area contributed by atoms with Crippen molar-refractivity contribution in [2.24, 2.45) is 0 Å². The number of rotatable bonds is 3. The van der Waals surface area contributed by atoms with Crippen molar-refractivity contribution < 1.29 is 13.9 Å². The molecule has 4 rings (SSSR count). The van der Waals surface area contributed by atoms with E-state index in [4.69, 9.17) is 21.3 Å². The number of hydrogen-bond acceptors (Lipinski definition) is 6. The van der Waals surface area contributed by atoms with Gasteiger partial charge in [-0.15, -0.1) is 0 Å². The number of anilines is 2. The Kier molecular flexibility index (Phi) is 5.19. The first-order valence-corrected chi connectivity index (χ1v) is 9.90. The third kappa shape index (κ3) is 4.14. The number of pyridine rings is 1. The number of hydrogen-bond donors (Lipinski definition) is 1. The van der Waals surface area contributed by atoms with Gasteiger partial charge < -0.3 is 15.0 Å². The molecule has 0 unspecified atom stereocenters. The number of carbonyl (C=O) groups is 1. The van der Waals surface area contributed by atoms with E-state index >= 15 is 0 Å². The fourth-order valence-corrected chi connectivity index (χ4v) is 3.32. The summed E-state index contributed by atoms with van der Waals surface area (Å²) in [5, 5.41) is 2.97. The van der Waals surface area contributed by atoms with Crippen molar-refractivity contribution in [1.82, 2.24) is 19.9 Å². The molecule has 0 saturated carbocycles. The van der Waals surface area contributed by atoms with Gasteiger partial charge in [0, 0.05) is 24.7 Å². The summed E-state index contributed by atoms with van der Waals surface area (Å²) in [6.07, 6.45) is 1.06. The maximum absolute atomic E-state index is 14.3. The van der Waals surface area contributed by atoms with E-state index in [0.717, 1.165) is 5.69 Å². The highest BCUT2D eigenvalue weighted by Crippen LogP contribution is 2.31. The fraction of sp³-hybridized carbons (Fsp3) is 0.333. The highest BCUT2D eigenvalue weighted by molar-refractivity contribution is 6.31. The van der Waals surface area contributed by atoms with Crippen molar-refractivity contribution >= 4 is 40.2 Å². The monoisotopic (exact) mass is 429 g/mol. The van der Waals surface area contributed by atoms with E-state index in [0.29, 0.717) is 29.9 Å². The van der Waals surface area contributed by atoms with Crippen LogP contribution >= 0.6 is 11.6 Å². The molecule has 0 bridgehead atoms. The zero-order chi connectivity index (χ0) is 21.5. The van der Waals surface area contributed by atoms with E-state index in [1.807, 2.05) is 32.9 Å². The highest BCUT2D eigenvalue weighted by atomic mass is 35.5. The minimum Gasteiger partial charge on any atom is -0.444 e. The summed E-state index contributed by atoms with van der Waals surface area (Å²) < 4.78 is 19.7. The van der Waals surface area contributed by atoms with Gasteiger partial charge in [0.2, 0.25) is 0 Å². The minimum absolute atomic E-state index is 0.0173. The number of ether oxygens (including phenoxy) is 1. The lowest BCUT2D eigenvalue weighted by Gasteiger charge is -2.39. The van der Waals surface area contributed by atoms with Crippen LogP contribution < -0.4 is 5.32 Å². The van der Waals surface area contributed by atoms with Crippen molar-refractivity contribution in [3.05, 3.63) is 53.2 Å². The Morgan fingerprint density at radius 3 is 2.73 bits per heavy atom. The fourth-order valence-electron chi connectivity index (χ4n) is 3.14. The smallest absolute Gasteiger partial charge is 0.410 e.